The van der Waals surface area contributed by atoms with Crippen LogP contribution in [0.1, 0.15) is 0 Å². The Hall–Kier alpha value is -1.87. The van der Waals surface area contributed by atoms with Gasteiger partial charge in [0.05, 0.1) is 0 Å². The van der Waals surface area contributed by atoms with Gasteiger partial charge >= 0.3 is 47.8 Å². The third-order valence-corrected chi connectivity index (χ3v) is 0.977. The molecular formula is C8H26N2O23Pr2+2. The molecule has 0 heterocycles. The number of quaternary nitrogens is 2. The molecule has 0 aliphatic rings. The van der Waals surface area contributed by atoms with Gasteiger partial charge in [-0.05, 0) is 0 Å². The quantitative estimate of drug-likeness (QED) is 0.0833. The SMILES string of the molecule is O.O.O.O.O.O.O.O=C(O)C(=O)O.O=C(O)C(=O)O.[NH3+]OC(=O)C(=O)O.[NH3+]OC(=O)C(=O)O.[Pr].[Pr]. The van der Waals surface area contributed by atoms with E-state index in [-0.39, 0.29) is 121 Å². The first-order valence-corrected chi connectivity index (χ1v) is 4.96. The topological polar surface area (TPSA) is 552 Å². The van der Waals surface area contributed by atoms with E-state index in [1.807, 2.05) is 0 Å². The van der Waals surface area contributed by atoms with Gasteiger partial charge in [-0.25, -0.2) is 38.4 Å². The maximum atomic E-state index is 9.63. The van der Waals surface area contributed by atoms with Gasteiger partial charge in [-0.1, -0.05) is 0 Å². The van der Waals surface area contributed by atoms with Gasteiger partial charge in [0.15, 0.2) is 0 Å². The molecule has 0 aromatic carbocycles. The first-order valence-electron chi connectivity index (χ1n) is 4.96. The molecule has 0 amide bonds. The zero-order valence-electron chi connectivity index (χ0n) is 16.8. The summed E-state index contributed by atoms with van der Waals surface area (Å²) in [6.07, 6.45) is 0. The third kappa shape index (κ3) is 88.7. The van der Waals surface area contributed by atoms with E-state index in [1.165, 1.54) is 0 Å². The molecule has 0 aliphatic heterocycles. The maximum absolute atomic E-state index is 9.63. The van der Waals surface area contributed by atoms with Crippen LogP contribution in [0.2, 0.25) is 0 Å². The summed E-state index contributed by atoms with van der Waals surface area (Å²) in [6.45, 7) is 0. The number of rotatable bonds is 0. The molecule has 0 saturated heterocycles. The van der Waals surface area contributed by atoms with E-state index in [2.05, 4.69) is 21.5 Å². The smallest absolute Gasteiger partial charge is 0.473 e. The monoisotopic (exact) mass is 800 g/mol. The van der Waals surface area contributed by atoms with E-state index in [1.54, 1.807) is 0 Å². The van der Waals surface area contributed by atoms with Crippen LogP contribution in [-0.2, 0) is 48.0 Å². The fraction of sp³-hybridized carbons (Fsp3) is 0. The van der Waals surface area contributed by atoms with Gasteiger partial charge in [0.2, 0.25) is 0 Å². The molecule has 27 heteroatoms. The van der Waals surface area contributed by atoms with Crippen molar-refractivity contribution in [3.05, 3.63) is 0 Å². The van der Waals surface area contributed by atoms with Crippen LogP contribution < -0.4 is 11.8 Å². The van der Waals surface area contributed by atoms with Crippen molar-refractivity contribution in [2.45, 2.75) is 0 Å². The molecule has 25 nitrogen and oxygen atoms in total. The molecule has 0 saturated carbocycles. The summed E-state index contributed by atoms with van der Waals surface area (Å²) >= 11 is 0. The van der Waals surface area contributed by atoms with Crippen LogP contribution in [0.25, 0.3) is 0 Å². The second kappa shape index (κ2) is 53.5. The average Bonchev–Trinajstić information content (AvgIpc) is 2.54. The number of carbonyl (C=O) groups excluding carboxylic acids is 2. The molecule has 35 heavy (non-hydrogen) atoms. The Morgan fingerprint density at radius 2 is 0.486 bits per heavy atom. The summed E-state index contributed by atoms with van der Waals surface area (Å²) in [7, 11) is 0. The minimum Gasteiger partial charge on any atom is -0.473 e. The van der Waals surface area contributed by atoms with Crippen molar-refractivity contribution >= 4 is 47.8 Å². The van der Waals surface area contributed by atoms with Crippen molar-refractivity contribution < 1.29 is 211 Å². The molecule has 210 valence electrons. The van der Waals surface area contributed by atoms with Crippen LogP contribution in [0.3, 0.4) is 0 Å². The van der Waals surface area contributed by atoms with Gasteiger partial charge in [-0.3, -0.25) is 9.68 Å². The van der Waals surface area contributed by atoms with Crippen molar-refractivity contribution in [1.82, 2.24) is 0 Å². The summed E-state index contributed by atoms with van der Waals surface area (Å²) < 4.78 is 0. The summed E-state index contributed by atoms with van der Waals surface area (Å²) in [5.74, 6) is -8.10. The van der Waals surface area contributed by atoms with Crippen LogP contribution in [0, 0.1) is 82.6 Å². The number of carboxylic acid groups (broad SMARTS) is 6. The van der Waals surface area contributed by atoms with Crippen LogP contribution >= 0.6 is 0 Å². The van der Waals surface area contributed by atoms with Crippen molar-refractivity contribution in [2.24, 2.45) is 0 Å². The number of carbonyl (C=O) groups is 8. The molecule has 2 radical (unpaired) electrons. The molecular weight excluding hydrogens is 774 g/mol. The summed E-state index contributed by atoms with van der Waals surface area (Å²) in [6, 6.07) is 0. The molecule has 0 aromatic rings. The summed E-state index contributed by atoms with van der Waals surface area (Å²) in [5, 5.41) is 44.9. The van der Waals surface area contributed by atoms with Crippen molar-refractivity contribution in [1.29, 1.82) is 0 Å². The van der Waals surface area contributed by atoms with E-state index in [9.17, 15) is 19.2 Å². The molecule has 0 aliphatic carbocycles. The normalized spacial score (nSPS) is 5.54. The Bertz CT molecular complexity index is 506. The molecule has 0 fully saturated rings. The van der Waals surface area contributed by atoms with Gasteiger partial charge < -0.3 is 69.0 Å². The molecule has 0 atom stereocenters. The summed E-state index contributed by atoms with van der Waals surface area (Å²) in [5.41, 5.74) is 0. The zero-order valence-corrected chi connectivity index (χ0v) is 24.2. The minimum atomic E-state index is -1.82. The standard InChI is InChI=1S/2C2H3NO4.2C2H2O4.7H2O.2Pr/c2*3-7-2(6)1(4)5;2*3-1(4)2(5)6;;;;;;;;;/h2*3H3;2*(H,3,4)(H,5,6);7*1H2;;/p+2. The van der Waals surface area contributed by atoms with Gasteiger partial charge in [0, 0.05) is 82.6 Å². The van der Waals surface area contributed by atoms with E-state index in [4.69, 9.17) is 49.8 Å². The van der Waals surface area contributed by atoms with Crippen molar-refractivity contribution in [2.75, 3.05) is 0 Å². The predicted octanol–water partition coefficient (Wildman–Crippen LogP) is -11.9. The number of hydrogen-bond acceptors (Lipinski definition) is 10. The largest absolute Gasteiger partial charge is 0.473 e. The number of carboxylic acids is 6. The predicted molar refractivity (Wildman–Crippen MR) is 89.1 cm³/mol. The second-order valence-corrected chi connectivity index (χ2v) is 2.69. The second-order valence-electron chi connectivity index (χ2n) is 2.69. The van der Waals surface area contributed by atoms with E-state index in [0.717, 1.165) is 0 Å². The van der Waals surface area contributed by atoms with Crippen molar-refractivity contribution in [3.63, 3.8) is 0 Å². The first kappa shape index (κ1) is 84.4. The Balaban J connectivity index is -0.0000000155. The van der Waals surface area contributed by atoms with Crippen LogP contribution in [0.5, 0.6) is 0 Å². The van der Waals surface area contributed by atoms with E-state index >= 15 is 0 Å². The van der Waals surface area contributed by atoms with Gasteiger partial charge in [0.1, 0.15) is 0 Å². The molecule has 0 bridgehead atoms. The van der Waals surface area contributed by atoms with Crippen molar-refractivity contribution in [3.8, 4) is 0 Å². The van der Waals surface area contributed by atoms with Gasteiger partial charge in [-0.2, -0.15) is 11.8 Å². The number of hydrogen-bond donors (Lipinski definition) is 8. The van der Waals surface area contributed by atoms with E-state index in [0.29, 0.717) is 0 Å². The summed E-state index contributed by atoms with van der Waals surface area (Å²) in [4.78, 5) is 81.5. The van der Waals surface area contributed by atoms with Gasteiger partial charge in [-0.15, -0.1) is 0 Å². The first-order chi connectivity index (χ1) is 11.6. The third-order valence-electron chi connectivity index (χ3n) is 0.977. The Morgan fingerprint density at radius 3 is 0.486 bits per heavy atom. The maximum Gasteiger partial charge on any atom is 0.473 e. The van der Waals surface area contributed by atoms with Crippen LogP contribution in [0.15, 0.2) is 0 Å². The van der Waals surface area contributed by atoms with Crippen LogP contribution in [-0.4, -0.2) is 117 Å². The molecule has 0 spiro atoms. The molecule has 26 N–H and O–H groups in total. The Kier molecular flexibility index (Phi) is 129. The Morgan fingerprint density at radius 1 is 0.371 bits per heavy atom. The Labute approximate surface area is 256 Å². The average molecular weight is 800 g/mol. The van der Waals surface area contributed by atoms with Crippen LogP contribution in [0.4, 0.5) is 0 Å². The van der Waals surface area contributed by atoms with E-state index < -0.39 is 47.8 Å². The molecule has 0 aromatic heterocycles. The fourth-order valence-electron chi connectivity index (χ4n) is 0.123. The number of aliphatic carboxylic acids is 6. The molecule has 0 unspecified atom stereocenters. The minimum absolute atomic E-state index is 0. The zero-order chi connectivity index (χ0) is 22.0. The molecule has 0 rings (SSSR count). The van der Waals surface area contributed by atoms with Gasteiger partial charge in [0.25, 0.3) is 0 Å². The fourth-order valence-corrected chi connectivity index (χ4v) is 0.123.